The molecule has 0 atom stereocenters. The zero-order chi connectivity index (χ0) is 25.5. The van der Waals surface area contributed by atoms with Gasteiger partial charge in [-0.2, -0.15) is 0 Å². The van der Waals surface area contributed by atoms with Crippen molar-refractivity contribution in [2.45, 2.75) is 17.9 Å². The van der Waals surface area contributed by atoms with Crippen molar-refractivity contribution < 1.29 is 17.9 Å². The van der Waals surface area contributed by atoms with E-state index in [0.29, 0.717) is 11.4 Å². The number of nitrogens with one attached hydrogen (secondary N) is 1. The number of hydrogen-bond acceptors (Lipinski definition) is 4. The number of rotatable bonds is 9. The number of carbonyl (C=O) groups is 1. The second-order valence-corrected chi connectivity index (χ2v) is 10.2. The van der Waals surface area contributed by atoms with E-state index in [4.69, 9.17) is 4.74 Å². The van der Waals surface area contributed by atoms with Crippen LogP contribution in [0.5, 0.6) is 5.75 Å². The Morgan fingerprint density at radius 3 is 1.97 bits per heavy atom. The van der Waals surface area contributed by atoms with Gasteiger partial charge in [0.05, 0.1) is 23.7 Å². The fraction of sp³-hybridized carbons (Fsp3) is 0.138. The Bertz CT molecular complexity index is 1370. The molecule has 0 aliphatic carbocycles. The highest BCUT2D eigenvalue weighted by molar-refractivity contribution is 7.92. The lowest BCUT2D eigenvalue weighted by atomic mass is 9.99. The third kappa shape index (κ3) is 5.75. The highest BCUT2D eigenvalue weighted by Crippen LogP contribution is 2.28. The van der Waals surface area contributed by atoms with Crippen molar-refractivity contribution in [1.29, 1.82) is 0 Å². The summed E-state index contributed by atoms with van der Waals surface area (Å²) in [5.41, 5.74) is 3.06. The van der Waals surface area contributed by atoms with Crippen molar-refractivity contribution in [2.75, 3.05) is 18.0 Å². The minimum Gasteiger partial charge on any atom is -0.497 e. The number of carbonyl (C=O) groups excluding carboxylic acids is 1. The molecule has 0 radical (unpaired) electrons. The van der Waals surface area contributed by atoms with E-state index in [0.717, 1.165) is 21.0 Å². The van der Waals surface area contributed by atoms with E-state index >= 15 is 0 Å². The number of sulfonamides is 1. The van der Waals surface area contributed by atoms with E-state index in [9.17, 15) is 13.2 Å². The summed E-state index contributed by atoms with van der Waals surface area (Å²) in [5.74, 6) is 0.0506. The van der Waals surface area contributed by atoms with Crippen LogP contribution >= 0.6 is 0 Å². The quantitative estimate of drug-likeness (QED) is 0.347. The molecule has 1 amide bonds. The smallest absolute Gasteiger partial charge is 0.264 e. The molecule has 0 aromatic heterocycles. The lowest BCUT2D eigenvalue weighted by Crippen LogP contribution is -2.42. The van der Waals surface area contributed by atoms with Gasteiger partial charge in [0.1, 0.15) is 12.3 Å². The Morgan fingerprint density at radius 2 is 1.42 bits per heavy atom. The number of benzene rings is 4. The fourth-order valence-corrected chi connectivity index (χ4v) is 5.32. The molecule has 0 spiro atoms. The molecule has 36 heavy (non-hydrogen) atoms. The lowest BCUT2D eigenvalue weighted by Gasteiger charge is -2.26. The van der Waals surface area contributed by atoms with Gasteiger partial charge < -0.3 is 10.1 Å². The monoisotopic (exact) mass is 500 g/mol. The third-order valence-electron chi connectivity index (χ3n) is 5.81. The predicted molar refractivity (Wildman–Crippen MR) is 142 cm³/mol. The van der Waals surface area contributed by atoms with Crippen LogP contribution in [-0.4, -0.2) is 28.0 Å². The van der Waals surface area contributed by atoms with Gasteiger partial charge in [-0.25, -0.2) is 8.42 Å². The number of aryl methyl sites for hydroxylation is 1. The lowest BCUT2D eigenvalue weighted by molar-refractivity contribution is -0.120. The van der Waals surface area contributed by atoms with Crippen LogP contribution in [-0.2, 0) is 14.8 Å². The zero-order valence-corrected chi connectivity index (χ0v) is 21.0. The molecular weight excluding hydrogens is 472 g/mol. The summed E-state index contributed by atoms with van der Waals surface area (Å²) in [5, 5.41) is 3.03. The first kappa shape index (κ1) is 25.0. The summed E-state index contributed by atoms with van der Waals surface area (Å²) >= 11 is 0. The minimum absolute atomic E-state index is 0.103. The number of hydrogen-bond donors (Lipinski definition) is 1. The molecule has 4 aromatic rings. The van der Waals surface area contributed by atoms with Crippen LogP contribution in [0.25, 0.3) is 0 Å². The van der Waals surface area contributed by atoms with Gasteiger partial charge in [0, 0.05) is 6.07 Å². The van der Waals surface area contributed by atoms with Crippen LogP contribution in [0.15, 0.2) is 114 Å². The molecule has 0 saturated heterocycles. The van der Waals surface area contributed by atoms with Crippen LogP contribution in [0.3, 0.4) is 0 Å². The highest BCUT2D eigenvalue weighted by Gasteiger charge is 2.28. The summed E-state index contributed by atoms with van der Waals surface area (Å²) in [7, 11) is -2.53. The standard InChI is InChI=1S/C29H28N2O4S/c1-22-16-18-27(19-17-22)36(33,34)31(25-14-9-15-26(20-25)35-2)21-28(32)30-29(23-10-5-3-6-11-23)24-12-7-4-8-13-24/h3-20,29H,21H2,1-2H3,(H,30,32). The Kier molecular flexibility index (Phi) is 7.71. The van der Waals surface area contributed by atoms with E-state index < -0.39 is 28.5 Å². The second-order valence-electron chi connectivity index (χ2n) is 8.35. The average molecular weight is 501 g/mol. The van der Waals surface area contributed by atoms with Crippen molar-refractivity contribution in [3.8, 4) is 5.75 Å². The first-order valence-electron chi connectivity index (χ1n) is 11.5. The molecule has 0 fully saturated rings. The summed E-state index contributed by atoms with van der Waals surface area (Å²) in [6.07, 6.45) is 0. The van der Waals surface area contributed by atoms with Gasteiger partial charge in [0.15, 0.2) is 0 Å². The van der Waals surface area contributed by atoms with Crippen LogP contribution in [0, 0.1) is 6.92 Å². The Morgan fingerprint density at radius 1 is 0.833 bits per heavy atom. The van der Waals surface area contributed by atoms with Crippen molar-refractivity contribution in [3.05, 3.63) is 126 Å². The maximum Gasteiger partial charge on any atom is 0.264 e. The Labute approximate surface area is 212 Å². The van der Waals surface area contributed by atoms with Crippen molar-refractivity contribution in [3.63, 3.8) is 0 Å². The van der Waals surface area contributed by atoms with Crippen LogP contribution < -0.4 is 14.4 Å². The number of amides is 1. The summed E-state index contributed by atoms with van der Waals surface area (Å²) in [6, 6.07) is 32.0. The highest BCUT2D eigenvalue weighted by atomic mass is 32.2. The largest absolute Gasteiger partial charge is 0.497 e. The fourth-order valence-electron chi connectivity index (χ4n) is 3.91. The third-order valence-corrected chi connectivity index (χ3v) is 7.60. The van der Waals surface area contributed by atoms with Crippen LogP contribution in [0.4, 0.5) is 5.69 Å². The van der Waals surface area contributed by atoms with Gasteiger partial charge in [-0.15, -0.1) is 0 Å². The maximum absolute atomic E-state index is 13.7. The number of ether oxygens (including phenoxy) is 1. The average Bonchev–Trinajstić information content (AvgIpc) is 2.91. The second kappa shape index (κ2) is 11.1. The van der Waals surface area contributed by atoms with E-state index in [1.165, 1.54) is 7.11 Å². The van der Waals surface area contributed by atoms with Gasteiger partial charge in [-0.05, 0) is 42.3 Å². The van der Waals surface area contributed by atoms with E-state index in [1.807, 2.05) is 67.6 Å². The molecule has 4 rings (SSSR count). The molecule has 7 heteroatoms. The first-order chi connectivity index (χ1) is 17.4. The molecule has 0 aliphatic heterocycles. The summed E-state index contributed by atoms with van der Waals surface area (Å²) in [6.45, 7) is 1.48. The Balaban J connectivity index is 1.69. The van der Waals surface area contributed by atoms with Crippen molar-refractivity contribution in [2.24, 2.45) is 0 Å². The van der Waals surface area contributed by atoms with E-state index in [-0.39, 0.29) is 4.90 Å². The maximum atomic E-state index is 13.7. The molecular formula is C29H28N2O4S. The topological polar surface area (TPSA) is 75.7 Å². The van der Waals surface area contributed by atoms with Gasteiger partial charge in [-0.3, -0.25) is 9.10 Å². The summed E-state index contributed by atoms with van der Waals surface area (Å²) in [4.78, 5) is 13.5. The number of methoxy groups -OCH3 is 1. The van der Waals surface area contributed by atoms with Crippen molar-refractivity contribution in [1.82, 2.24) is 5.32 Å². The number of nitrogens with zero attached hydrogens (tertiary/aromatic N) is 1. The van der Waals surface area contributed by atoms with Gasteiger partial charge in [-0.1, -0.05) is 84.4 Å². The predicted octanol–water partition coefficient (Wildman–Crippen LogP) is 5.10. The van der Waals surface area contributed by atoms with Gasteiger partial charge in [0.2, 0.25) is 5.91 Å². The zero-order valence-electron chi connectivity index (χ0n) is 20.2. The Hall–Kier alpha value is -4.10. The van der Waals surface area contributed by atoms with Crippen LogP contribution in [0.2, 0.25) is 0 Å². The molecule has 0 bridgehead atoms. The van der Waals surface area contributed by atoms with Crippen molar-refractivity contribution >= 4 is 21.6 Å². The molecule has 1 N–H and O–H groups in total. The van der Waals surface area contributed by atoms with E-state index in [1.54, 1.807) is 48.5 Å². The molecule has 184 valence electrons. The molecule has 4 aromatic carbocycles. The SMILES string of the molecule is COc1cccc(N(CC(=O)NC(c2ccccc2)c2ccccc2)S(=O)(=O)c2ccc(C)cc2)c1. The van der Waals surface area contributed by atoms with E-state index in [2.05, 4.69) is 5.32 Å². The van der Waals surface area contributed by atoms with Crippen LogP contribution in [0.1, 0.15) is 22.7 Å². The van der Waals surface area contributed by atoms with Gasteiger partial charge in [0.25, 0.3) is 10.0 Å². The normalized spacial score (nSPS) is 11.2. The molecule has 0 saturated carbocycles. The minimum atomic E-state index is -4.04. The number of anilines is 1. The molecule has 0 aliphatic rings. The molecule has 6 nitrogen and oxygen atoms in total. The molecule has 0 unspecified atom stereocenters. The first-order valence-corrected chi connectivity index (χ1v) is 13.0. The molecule has 0 heterocycles. The van der Waals surface area contributed by atoms with Gasteiger partial charge >= 0.3 is 0 Å². The summed E-state index contributed by atoms with van der Waals surface area (Å²) < 4.78 is 33.8.